The third kappa shape index (κ3) is 4.23. The number of amides is 1. The number of hydrogen-bond donors (Lipinski definition) is 1. The molecule has 0 aromatic heterocycles. The Balaban J connectivity index is 1.24. The van der Waals surface area contributed by atoms with E-state index < -0.39 is 20.6 Å². The Labute approximate surface area is 194 Å². The molecule has 5 rings (SSSR count). The highest BCUT2D eigenvalue weighted by molar-refractivity contribution is 7.92. The maximum Gasteiger partial charge on any atom is 0.224 e. The van der Waals surface area contributed by atoms with Crippen molar-refractivity contribution in [3.8, 4) is 6.07 Å². The van der Waals surface area contributed by atoms with E-state index in [-0.39, 0.29) is 28.2 Å². The summed E-state index contributed by atoms with van der Waals surface area (Å²) in [6.45, 7) is 3.90. The van der Waals surface area contributed by atoms with Crippen LogP contribution in [0.4, 0.5) is 5.69 Å². The molecular formula is C23H29ClN4O3S. The molecule has 32 heavy (non-hydrogen) atoms. The molecule has 3 saturated carbocycles. The molecule has 0 unspecified atom stereocenters. The van der Waals surface area contributed by atoms with Gasteiger partial charge in [0.25, 0.3) is 0 Å². The van der Waals surface area contributed by atoms with Crippen LogP contribution in [-0.4, -0.2) is 62.2 Å². The third-order valence-corrected chi connectivity index (χ3v) is 10.2. The Morgan fingerprint density at radius 3 is 2.44 bits per heavy atom. The Kier molecular flexibility index (Phi) is 5.63. The first-order chi connectivity index (χ1) is 15.3. The summed E-state index contributed by atoms with van der Waals surface area (Å²) in [5.41, 5.74) is 0.233. The van der Waals surface area contributed by atoms with Gasteiger partial charge in [-0.25, -0.2) is 8.42 Å². The van der Waals surface area contributed by atoms with E-state index in [1.165, 1.54) is 12.8 Å². The number of nitrogens with zero attached hydrogens (tertiary/aromatic N) is 3. The molecule has 4 fully saturated rings. The van der Waals surface area contributed by atoms with Gasteiger partial charge in [0, 0.05) is 43.8 Å². The molecule has 2 atom stereocenters. The summed E-state index contributed by atoms with van der Waals surface area (Å²) in [7, 11) is -3.63. The summed E-state index contributed by atoms with van der Waals surface area (Å²) >= 11 is 6.48. The van der Waals surface area contributed by atoms with Crippen LogP contribution in [0.5, 0.6) is 0 Å². The van der Waals surface area contributed by atoms with E-state index in [1.54, 1.807) is 12.1 Å². The molecule has 1 aromatic rings. The first-order valence-corrected chi connectivity index (χ1v) is 13.5. The average Bonchev–Trinajstić information content (AvgIpc) is 3.72. The summed E-state index contributed by atoms with van der Waals surface area (Å²) < 4.78 is 26.6. The second-order valence-electron chi connectivity index (χ2n) is 9.73. The number of carbonyl (C=O) groups is 1. The van der Waals surface area contributed by atoms with E-state index >= 15 is 0 Å². The fourth-order valence-electron chi connectivity index (χ4n) is 5.07. The lowest BCUT2D eigenvalue weighted by Crippen LogP contribution is -2.47. The molecule has 0 spiro atoms. The number of carbonyl (C=O) groups excluding carboxylic acids is 1. The zero-order valence-corrected chi connectivity index (χ0v) is 19.7. The highest BCUT2D eigenvalue weighted by Crippen LogP contribution is 2.39. The minimum atomic E-state index is -3.63. The lowest BCUT2D eigenvalue weighted by Gasteiger charge is -2.36. The molecule has 172 valence electrons. The van der Waals surface area contributed by atoms with Gasteiger partial charge in [-0.1, -0.05) is 11.6 Å². The molecule has 3 aliphatic carbocycles. The third-order valence-electron chi connectivity index (χ3n) is 7.49. The second kappa shape index (κ2) is 8.19. The number of halogens is 1. The Morgan fingerprint density at radius 2 is 1.84 bits per heavy atom. The predicted molar refractivity (Wildman–Crippen MR) is 122 cm³/mol. The second-order valence-corrected chi connectivity index (χ2v) is 12.3. The molecule has 1 N–H and O–H groups in total. The van der Waals surface area contributed by atoms with Gasteiger partial charge in [-0.05, 0) is 63.1 Å². The SMILES string of the molecule is N#CC1(NC(=O)[C@@H]2CC[C@@H](S(=O)(=O)c3ccc(N4CCN(C5CC5)CC4)cc3Cl)C2)CC1. The lowest BCUT2D eigenvalue weighted by atomic mass is 10.1. The van der Waals surface area contributed by atoms with Crippen LogP contribution in [0, 0.1) is 17.2 Å². The van der Waals surface area contributed by atoms with Crippen molar-refractivity contribution in [3.63, 3.8) is 0 Å². The highest BCUT2D eigenvalue weighted by Gasteiger charge is 2.47. The molecule has 4 aliphatic rings. The molecule has 9 heteroatoms. The van der Waals surface area contributed by atoms with Gasteiger partial charge in [0.1, 0.15) is 5.54 Å². The lowest BCUT2D eigenvalue weighted by molar-refractivity contribution is -0.125. The number of sulfone groups is 1. The van der Waals surface area contributed by atoms with E-state index in [0.717, 1.165) is 37.9 Å². The Bertz CT molecular complexity index is 1050. The highest BCUT2D eigenvalue weighted by atomic mass is 35.5. The van der Waals surface area contributed by atoms with Gasteiger partial charge in [0.05, 0.1) is 21.2 Å². The molecule has 0 bridgehead atoms. The molecule has 0 radical (unpaired) electrons. The van der Waals surface area contributed by atoms with Crippen molar-refractivity contribution in [2.75, 3.05) is 31.1 Å². The van der Waals surface area contributed by atoms with Gasteiger partial charge >= 0.3 is 0 Å². The molecule has 1 saturated heterocycles. The molecular weight excluding hydrogens is 448 g/mol. The predicted octanol–water partition coefficient (Wildman–Crippen LogP) is 2.74. The Morgan fingerprint density at radius 1 is 1.12 bits per heavy atom. The van der Waals surface area contributed by atoms with Gasteiger partial charge in [0.15, 0.2) is 9.84 Å². The van der Waals surface area contributed by atoms with E-state index in [0.29, 0.717) is 25.7 Å². The van der Waals surface area contributed by atoms with E-state index in [1.807, 2.05) is 6.07 Å². The summed E-state index contributed by atoms with van der Waals surface area (Å²) in [4.78, 5) is 17.5. The Hall–Kier alpha value is -1.82. The van der Waals surface area contributed by atoms with Gasteiger partial charge in [-0.3, -0.25) is 9.69 Å². The molecule has 1 heterocycles. The number of nitrogens with one attached hydrogen (secondary N) is 1. The number of anilines is 1. The quantitative estimate of drug-likeness (QED) is 0.678. The average molecular weight is 477 g/mol. The standard InChI is InChI=1S/C23H29ClN4O3S/c24-20-14-18(28-11-9-27(10-12-28)17-2-3-17)4-6-21(20)32(30,31)19-5-1-16(13-19)22(29)26-23(15-25)7-8-23/h4,6,14,16-17,19H,1-3,5,7-13H2,(H,26,29)/t16-,19-/m1/s1. The van der Waals surface area contributed by atoms with Gasteiger partial charge in [-0.15, -0.1) is 0 Å². The van der Waals surface area contributed by atoms with E-state index in [9.17, 15) is 18.5 Å². The molecule has 1 aliphatic heterocycles. The molecule has 1 amide bonds. The van der Waals surface area contributed by atoms with E-state index in [2.05, 4.69) is 21.2 Å². The van der Waals surface area contributed by atoms with Crippen LogP contribution in [0.3, 0.4) is 0 Å². The van der Waals surface area contributed by atoms with Crippen LogP contribution < -0.4 is 10.2 Å². The normalized spacial score (nSPS) is 27.7. The smallest absolute Gasteiger partial charge is 0.224 e. The topological polar surface area (TPSA) is 93.5 Å². The van der Waals surface area contributed by atoms with Gasteiger partial charge in [0.2, 0.25) is 5.91 Å². The zero-order chi connectivity index (χ0) is 22.5. The summed E-state index contributed by atoms with van der Waals surface area (Å²) in [5, 5.41) is 11.6. The number of piperazine rings is 1. The van der Waals surface area contributed by atoms with Crippen LogP contribution in [0.2, 0.25) is 5.02 Å². The number of hydrogen-bond acceptors (Lipinski definition) is 6. The number of rotatable bonds is 6. The largest absolute Gasteiger partial charge is 0.369 e. The first kappa shape index (κ1) is 22.0. The minimum Gasteiger partial charge on any atom is -0.369 e. The van der Waals surface area contributed by atoms with Crippen LogP contribution in [0.25, 0.3) is 0 Å². The summed E-state index contributed by atoms with van der Waals surface area (Å²) in [6, 6.07) is 8.17. The summed E-state index contributed by atoms with van der Waals surface area (Å²) in [6.07, 6.45) is 5.17. The van der Waals surface area contributed by atoms with Crippen molar-refractivity contribution in [2.45, 2.75) is 66.7 Å². The van der Waals surface area contributed by atoms with E-state index in [4.69, 9.17) is 11.6 Å². The van der Waals surface area contributed by atoms with Crippen LogP contribution in [0.15, 0.2) is 23.1 Å². The first-order valence-electron chi connectivity index (χ1n) is 11.6. The van der Waals surface area contributed by atoms with Crippen LogP contribution >= 0.6 is 11.6 Å². The van der Waals surface area contributed by atoms with Crippen LogP contribution in [-0.2, 0) is 14.6 Å². The minimum absolute atomic E-state index is 0.154. The van der Waals surface area contributed by atoms with Crippen LogP contribution in [0.1, 0.15) is 44.9 Å². The van der Waals surface area contributed by atoms with Crippen molar-refractivity contribution >= 4 is 33.0 Å². The van der Waals surface area contributed by atoms with Crippen molar-refractivity contribution in [3.05, 3.63) is 23.2 Å². The molecule has 7 nitrogen and oxygen atoms in total. The maximum absolute atomic E-state index is 13.3. The number of nitriles is 1. The zero-order valence-electron chi connectivity index (χ0n) is 18.1. The fraction of sp³-hybridized carbons (Fsp3) is 0.652. The van der Waals surface area contributed by atoms with Crippen molar-refractivity contribution in [1.29, 1.82) is 5.26 Å². The van der Waals surface area contributed by atoms with Gasteiger partial charge in [-0.2, -0.15) is 5.26 Å². The summed E-state index contributed by atoms with van der Waals surface area (Å²) in [5.74, 6) is -0.574. The van der Waals surface area contributed by atoms with Crippen molar-refractivity contribution in [1.82, 2.24) is 10.2 Å². The number of benzene rings is 1. The maximum atomic E-state index is 13.3. The van der Waals surface area contributed by atoms with Gasteiger partial charge < -0.3 is 10.2 Å². The fourth-order valence-corrected chi connectivity index (χ4v) is 7.45. The van der Waals surface area contributed by atoms with Crippen molar-refractivity contribution < 1.29 is 13.2 Å². The molecule has 1 aromatic carbocycles. The van der Waals surface area contributed by atoms with Crippen molar-refractivity contribution in [2.24, 2.45) is 5.92 Å². The monoisotopic (exact) mass is 476 g/mol.